The lowest BCUT2D eigenvalue weighted by atomic mass is 10.3. The Kier molecular flexibility index (Phi) is 2.92. The highest BCUT2D eigenvalue weighted by molar-refractivity contribution is 5.77. The van der Waals surface area contributed by atoms with Crippen molar-refractivity contribution in [1.82, 2.24) is 9.55 Å². The number of aromatic nitrogens is 2. The van der Waals surface area contributed by atoms with Crippen LogP contribution >= 0.6 is 0 Å². The van der Waals surface area contributed by atoms with E-state index in [1.54, 1.807) is 13.2 Å². The maximum absolute atomic E-state index is 11.6. The molecule has 0 aliphatic carbocycles. The lowest BCUT2D eigenvalue weighted by Crippen LogP contribution is -2.18. The molecule has 0 unspecified atom stereocenters. The quantitative estimate of drug-likeness (QED) is 0.631. The van der Waals surface area contributed by atoms with Crippen LogP contribution in [0.1, 0.15) is 0 Å². The second kappa shape index (κ2) is 4.38. The van der Waals surface area contributed by atoms with Gasteiger partial charge in [0.15, 0.2) is 0 Å². The number of benzene rings is 1. The van der Waals surface area contributed by atoms with Gasteiger partial charge in [-0.1, -0.05) is 0 Å². The minimum Gasteiger partial charge on any atom is -0.383 e. The second-order valence-electron chi connectivity index (χ2n) is 3.53. The van der Waals surface area contributed by atoms with Crippen LogP contribution in [0.2, 0.25) is 0 Å². The number of nitro benzene ring substituents is 1. The van der Waals surface area contributed by atoms with Gasteiger partial charge in [-0.3, -0.25) is 14.7 Å². The van der Waals surface area contributed by atoms with Crippen LogP contribution < -0.4 is 5.69 Å². The first-order valence-corrected chi connectivity index (χ1v) is 4.99. The van der Waals surface area contributed by atoms with Crippen LogP contribution in [0, 0.1) is 10.1 Å². The van der Waals surface area contributed by atoms with Crippen LogP contribution in [0.3, 0.4) is 0 Å². The number of ether oxygens (including phenoxy) is 1. The molecule has 1 aromatic carbocycles. The third-order valence-electron chi connectivity index (χ3n) is 2.49. The number of rotatable bonds is 4. The van der Waals surface area contributed by atoms with Crippen LogP contribution in [0.4, 0.5) is 5.69 Å². The minimum absolute atomic E-state index is 0.0439. The molecule has 0 aliphatic rings. The fourth-order valence-electron chi connectivity index (χ4n) is 1.67. The largest absolute Gasteiger partial charge is 0.383 e. The highest BCUT2D eigenvalue weighted by Crippen LogP contribution is 2.18. The summed E-state index contributed by atoms with van der Waals surface area (Å²) in [6.45, 7) is 0.816. The molecule has 1 aromatic heterocycles. The summed E-state index contributed by atoms with van der Waals surface area (Å²) >= 11 is 0. The Labute approximate surface area is 95.8 Å². The van der Waals surface area contributed by atoms with Gasteiger partial charge in [-0.15, -0.1) is 0 Å². The van der Waals surface area contributed by atoms with Gasteiger partial charge in [0.25, 0.3) is 5.69 Å². The summed E-state index contributed by atoms with van der Waals surface area (Å²) in [5, 5.41) is 10.6. The predicted octanol–water partition coefficient (Wildman–Crippen LogP) is 0.884. The average Bonchev–Trinajstić information content (AvgIpc) is 2.61. The molecule has 0 saturated heterocycles. The average molecular weight is 237 g/mol. The molecular weight excluding hydrogens is 226 g/mol. The molecule has 0 spiro atoms. The molecule has 1 N–H and O–H groups in total. The molecular formula is C10H11N3O4. The fraction of sp³-hybridized carbons (Fsp3) is 0.300. The number of imidazole rings is 1. The zero-order chi connectivity index (χ0) is 12.4. The molecule has 7 nitrogen and oxygen atoms in total. The van der Waals surface area contributed by atoms with Gasteiger partial charge in [0.1, 0.15) is 0 Å². The number of H-pyrrole nitrogens is 1. The van der Waals surface area contributed by atoms with Gasteiger partial charge in [0, 0.05) is 19.2 Å². The number of fused-ring (bicyclic) bond motifs is 1. The highest BCUT2D eigenvalue weighted by atomic mass is 16.6. The van der Waals surface area contributed by atoms with E-state index in [9.17, 15) is 14.9 Å². The van der Waals surface area contributed by atoms with Crippen molar-refractivity contribution in [2.24, 2.45) is 0 Å². The Balaban J connectivity index is 2.52. The van der Waals surface area contributed by atoms with E-state index >= 15 is 0 Å². The summed E-state index contributed by atoms with van der Waals surface area (Å²) in [6.07, 6.45) is 0. The van der Waals surface area contributed by atoms with Crippen LogP contribution in [0.15, 0.2) is 23.0 Å². The summed E-state index contributed by atoms with van der Waals surface area (Å²) in [4.78, 5) is 24.3. The van der Waals surface area contributed by atoms with Gasteiger partial charge in [-0.2, -0.15) is 0 Å². The van der Waals surface area contributed by atoms with E-state index in [1.807, 2.05) is 0 Å². The van der Waals surface area contributed by atoms with Gasteiger partial charge < -0.3 is 9.72 Å². The van der Waals surface area contributed by atoms with Crippen molar-refractivity contribution in [3.63, 3.8) is 0 Å². The zero-order valence-electron chi connectivity index (χ0n) is 9.17. The van der Waals surface area contributed by atoms with Crippen molar-refractivity contribution >= 4 is 16.7 Å². The maximum Gasteiger partial charge on any atom is 0.326 e. The molecule has 17 heavy (non-hydrogen) atoms. The molecule has 0 aliphatic heterocycles. The molecule has 1 heterocycles. The third kappa shape index (κ3) is 2.04. The van der Waals surface area contributed by atoms with Crippen molar-refractivity contribution in [3.05, 3.63) is 38.8 Å². The summed E-state index contributed by atoms with van der Waals surface area (Å²) < 4.78 is 6.39. The zero-order valence-corrected chi connectivity index (χ0v) is 9.17. The lowest BCUT2D eigenvalue weighted by molar-refractivity contribution is -0.384. The Hall–Kier alpha value is -2.15. The maximum atomic E-state index is 11.6. The second-order valence-corrected chi connectivity index (χ2v) is 3.53. The first-order valence-electron chi connectivity index (χ1n) is 4.99. The number of nitrogens with one attached hydrogen (secondary N) is 1. The van der Waals surface area contributed by atoms with E-state index in [4.69, 9.17) is 4.74 Å². The molecule has 0 amide bonds. The van der Waals surface area contributed by atoms with E-state index in [1.165, 1.54) is 16.7 Å². The lowest BCUT2D eigenvalue weighted by Gasteiger charge is -2.01. The molecule has 0 saturated carbocycles. The molecule has 90 valence electrons. The summed E-state index contributed by atoms with van der Waals surface area (Å²) in [5.41, 5.74) is 0.758. The van der Waals surface area contributed by atoms with Gasteiger partial charge in [-0.25, -0.2) is 4.79 Å². The van der Waals surface area contributed by atoms with Crippen LogP contribution in [0.25, 0.3) is 11.0 Å². The predicted molar refractivity (Wildman–Crippen MR) is 61.1 cm³/mol. The van der Waals surface area contributed by atoms with E-state index in [0.29, 0.717) is 24.2 Å². The Bertz CT molecular complexity index is 614. The molecule has 0 fully saturated rings. The summed E-state index contributed by atoms with van der Waals surface area (Å²) in [6, 6.07) is 4.28. The number of methoxy groups -OCH3 is 1. The highest BCUT2D eigenvalue weighted by Gasteiger charge is 2.11. The molecule has 0 atom stereocenters. The summed E-state index contributed by atoms with van der Waals surface area (Å²) in [7, 11) is 1.55. The SMILES string of the molecule is COCCn1c(=O)[nH]c2cc([N+](=O)[O-])ccc21. The monoisotopic (exact) mass is 237 g/mol. The first-order chi connectivity index (χ1) is 8.13. The Morgan fingerprint density at radius 1 is 1.53 bits per heavy atom. The minimum atomic E-state index is -0.496. The van der Waals surface area contributed by atoms with E-state index in [-0.39, 0.29) is 11.4 Å². The van der Waals surface area contributed by atoms with Gasteiger partial charge in [0.2, 0.25) is 0 Å². The van der Waals surface area contributed by atoms with Crippen LogP contribution in [-0.2, 0) is 11.3 Å². The van der Waals surface area contributed by atoms with Gasteiger partial charge >= 0.3 is 5.69 Å². The number of nitro groups is 1. The normalized spacial score (nSPS) is 10.9. The van der Waals surface area contributed by atoms with Crippen LogP contribution in [-0.4, -0.2) is 28.2 Å². The van der Waals surface area contributed by atoms with E-state index in [2.05, 4.69) is 4.98 Å². The van der Waals surface area contributed by atoms with Crippen LogP contribution in [0.5, 0.6) is 0 Å². The topological polar surface area (TPSA) is 90.2 Å². The number of non-ortho nitro benzene ring substituents is 1. The van der Waals surface area contributed by atoms with Crippen molar-refractivity contribution in [1.29, 1.82) is 0 Å². The molecule has 0 bridgehead atoms. The molecule has 2 rings (SSSR count). The number of nitrogens with zero attached hydrogens (tertiary/aromatic N) is 2. The number of aromatic amines is 1. The van der Waals surface area contributed by atoms with E-state index < -0.39 is 4.92 Å². The Morgan fingerprint density at radius 2 is 2.29 bits per heavy atom. The van der Waals surface area contributed by atoms with Crippen molar-refractivity contribution < 1.29 is 9.66 Å². The van der Waals surface area contributed by atoms with Crippen molar-refractivity contribution in [3.8, 4) is 0 Å². The van der Waals surface area contributed by atoms with E-state index in [0.717, 1.165) is 0 Å². The fourth-order valence-corrected chi connectivity index (χ4v) is 1.67. The summed E-state index contributed by atoms with van der Waals surface area (Å²) in [5.74, 6) is 0. The number of hydrogen-bond acceptors (Lipinski definition) is 4. The van der Waals surface area contributed by atoms with Crippen molar-refractivity contribution in [2.75, 3.05) is 13.7 Å². The standard InChI is InChI=1S/C10H11N3O4/c1-17-5-4-12-9-3-2-7(13(15)16)6-8(9)11-10(12)14/h2-3,6H,4-5H2,1H3,(H,11,14). The smallest absolute Gasteiger partial charge is 0.326 e. The number of hydrogen-bond donors (Lipinski definition) is 1. The molecule has 0 radical (unpaired) electrons. The van der Waals surface area contributed by atoms with Gasteiger partial charge in [0.05, 0.1) is 29.1 Å². The van der Waals surface area contributed by atoms with Gasteiger partial charge in [-0.05, 0) is 6.07 Å². The first kappa shape index (κ1) is 11.3. The third-order valence-corrected chi connectivity index (χ3v) is 2.49. The Morgan fingerprint density at radius 3 is 2.94 bits per heavy atom. The van der Waals surface area contributed by atoms with Crippen molar-refractivity contribution in [2.45, 2.75) is 6.54 Å². The molecule has 7 heteroatoms. The molecule has 2 aromatic rings.